The van der Waals surface area contributed by atoms with Crippen molar-refractivity contribution in [2.24, 2.45) is 5.84 Å². The number of carbonyl (C=O) groups is 1. The molecule has 0 radical (unpaired) electrons. The van der Waals surface area contributed by atoms with Gasteiger partial charge >= 0.3 is 0 Å². The first kappa shape index (κ1) is 16.8. The molecule has 1 aromatic carbocycles. The van der Waals surface area contributed by atoms with Crippen molar-refractivity contribution in [3.8, 4) is 0 Å². The number of likely N-dealkylation sites (N-methyl/N-ethyl adjacent to an activating group) is 1. The predicted molar refractivity (Wildman–Crippen MR) is 76.3 cm³/mol. The van der Waals surface area contributed by atoms with E-state index in [-0.39, 0.29) is 17.3 Å². The number of hydrazine groups is 1. The van der Waals surface area contributed by atoms with E-state index in [1.165, 1.54) is 0 Å². The molecular formula is C12H18FN5O3. The van der Waals surface area contributed by atoms with Crippen molar-refractivity contribution in [3.63, 3.8) is 0 Å². The van der Waals surface area contributed by atoms with E-state index in [0.29, 0.717) is 12.6 Å². The van der Waals surface area contributed by atoms with Crippen molar-refractivity contribution in [2.75, 3.05) is 26.1 Å². The molecule has 8 nitrogen and oxygen atoms in total. The van der Waals surface area contributed by atoms with E-state index >= 15 is 0 Å². The van der Waals surface area contributed by atoms with Gasteiger partial charge in [-0.15, -0.1) is 0 Å². The Morgan fingerprint density at radius 2 is 2.14 bits per heavy atom. The minimum Gasteiger partial charge on any atom is -0.350 e. The Hall–Kier alpha value is -2.26. The average Bonchev–Trinajstić information content (AvgIpc) is 2.43. The van der Waals surface area contributed by atoms with E-state index in [4.69, 9.17) is 5.84 Å². The number of nitro groups is 1. The summed E-state index contributed by atoms with van der Waals surface area (Å²) < 4.78 is 13.5. The molecule has 0 bridgehead atoms. The monoisotopic (exact) mass is 299 g/mol. The van der Waals surface area contributed by atoms with Gasteiger partial charge in [-0.1, -0.05) is 0 Å². The van der Waals surface area contributed by atoms with Gasteiger partial charge in [0.25, 0.3) is 11.6 Å². The second-order valence-corrected chi connectivity index (χ2v) is 4.77. The second-order valence-electron chi connectivity index (χ2n) is 4.77. The minimum atomic E-state index is -0.901. The van der Waals surface area contributed by atoms with Crippen LogP contribution in [0, 0.1) is 15.9 Å². The van der Waals surface area contributed by atoms with Gasteiger partial charge in [-0.3, -0.25) is 20.8 Å². The Kier molecular flexibility index (Phi) is 5.56. The fourth-order valence-electron chi connectivity index (χ4n) is 1.52. The number of rotatable bonds is 6. The summed E-state index contributed by atoms with van der Waals surface area (Å²) in [4.78, 5) is 24.0. The number of halogens is 1. The number of amides is 1. The number of hydrogen-bond acceptors (Lipinski definition) is 6. The summed E-state index contributed by atoms with van der Waals surface area (Å²) in [6.07, 6.45) is 0. The zero-order valence-electron chi connectivity index (χ0n) is 12.0. The first-order valence-electron chi connectivity index (χ1n) is 6.17. The van der Waals surface area contributed by atoms with Gasteiger partial charge in [0.2, 0.25) is 0 Å². The van der Waals surface area contributed by atoms with Gasteiger partial charge in [-0.2, -0.15) is 0 Å². The fourth-order valence-corrected chi connectivity index (χ4v) is 1.52. The van der Waals surface area contributed by atoms with E-state index < -0.39 is 22.3 Å². The third kappa shape index (κ3) is 4.10. The van der Waals surface area contributed by atoms with Crippen molar-refractivity contribution < 1.29 is 14.1 Å². The molecule has 1 atom stereocenters. The van der Waals surface area contributed by atoms with Crippen LogP contribution in [-0.4, -0.2) is 42.4 Å². The van der Waals surface area contributed by atoms with Crippen LogP contribution in [-0.2, 0) is 0 Å². The smallest absolute Gasteiger partial charge is 0.285 e. The zero-order valence-corrected chi connectivity index (χ0v) is 12.0. The van der Waals surface area contributed by atoms with Gasteiger partial charge in [-0.05, 0) is 27.1 Å². The number of nitrogens with zero attached hydrogens (tertiary/aromatic N) is 2. The number of nitrogens with two attached hydrogens (primary N) is 1. The lowest BCUT2D eigenvalue weighted by atomic mass is 10.1. The Labute approximate surface area is 121 Å². The van der Waals surface area contributed by atoms with Crippen LogP contribution in [0.25, 0.3) is 0 Å². The van der Waals surface area contributed by atoms with Gasteiger partial charge < -0.3 is 15.6 Å². The summed E-state index contributed by atoms with van der Waals surface area (Å²) in [7, 11) is 3.68. The number of nitrogens with one attached hydrogen (secondary N) is 2. The molecule has 1 unspecified atom stereocenters. The lowest BCUT2D eigenvalue weighted by molar-refractivity contribution is -0.385. The highest BCUT2D eigenvalue weighted by atomic mass is 19.1. The highest BCUT2D eigenvalue weighted by molar-refractivity contribution is 5.99. The molecule has 1 aromatic rings. The topological polar surface area (TPSA) is 114 Å². The second kappa shape index (κ2) is 6.95. The van der Waals surface area contributed by atoms with Crippen LogP contribution in [0.1, 0.15) is 17.3 Å². The molecule has 0 aliphatic carbocycles. The molecule has 0 aromatic heterocycles. The molecule has 0 saturated carbocycles. The van der Waals surface area contributed by atoms with E-state index in [1.807, 2.05) is 25.9 Å². The van der Waals surface area contributed by atoms with Crippen molar-refractivity contribution in [1.29, 1.82) is 0 Å². The number of benzene rings is 1. The number of anilines is 1. The lowest BCUT2D eigenvalue weighted by Gasteiger charge is -2.20. The summed E-state index contributed by atoms with van der Waals surface area (Å²) in [5.74, 6) is 3.55. The van der Waals surface area contributed by atoms with Crippen LogP contribution >= 0.6 is 0 Å². The third-order valence-corrected chi connectivity index (χ3v) is 3.12. The molecule has 0 aliphatic rings. The molecule has 0 heterocycles. The number of nitrogen functional groups attached to an aromatic ring is 1. The first-order valence-corrected chi connectivity index (χ1v) is 6.17. The summed E-state index contributed by atoms with van der Waals surface area (Å²) in [5, 5.41) is 13.5. The van der Waals surface area contributed by atoms with Gasteiger partial charge in [0, 0.05) is 12.6 Å². The van der Waals surface area contributed by atoms with Crippen LogP contribution in [0.5, 0.6) is 0 Å². The van der Waals surface area contributed by atoms with Gasteiger partial charge in [0.05, 0.1) is 16.7 Å². The molecule has 9 heteroatoms. The third-order valence-electron chi connectivity index (χ3n) is 3.12. The molecule has 116 valence electrons. The lowest BCUT2D eigenvalue weighted by Crippen LogP contribution is -2.38. The molecule has 4 N–H and O–H groups in total. The molecule has 21 heavy (non-hydrogen) atoms. The van der Waals surface area contributed by atoms with Crippen LogP contribution in [0.4, 0.5) is 15.8 Å². The van der Waals surface area contributed by atoms with E-state index in [9.17, 15) is 19.3 Å². The van der Waals surface area contributed by atoms with Gasteiger partial charge in [0.1, 0.15) is 5.56 Å². The average molecular weight is 299 g/mol. The summed E-state index contributed by atoms with van der Waals surface area (Å²) in [6, 6.07) is 1.73. The van der Waals surface area contributed by atoms with Crippen molar-refractivity contribution >= 4 is 17.3 Å². The number of carbonyl (C=O) groups excluding carboxylic acids is 1. The zero-order chi connectivity index (χ0) is 16.2. The quantitative estimate of drug-likeness (QED) is 0.405. The van der Waals surface area contributed by atoms with Crippen LogP contribution in [0.2, 0.25) is 0 Å². The van der Waals surface area contributed by atoms with E-state index in [0.717, 1.165) is 6.07 Å². The maximum absolute atomic E-state index is 13.5. The molecule has 1 rings (SSSR count). The minimum absolute atomic E-state index is 0.0422. The Morgan fingerprint density at radius 3 is 2.62 bits per heavy atom. The predicted octanol–water partition coefficient (Wildman–Crippen LogP) is 0.699. The molecule has 0 fully saturated rings. The Bertz CT molecular complexity index is 550. The van der Waals surface area contributed by atoms with Crippen molar-refractivity contribution in [3.05, 3.63) is 33.6 Å². The van der Waals surface area contributed by atoms with Crippen LogP contribution in [0.3, 0.4) is 0 Å². The molecule has 0 saturated heterocycles. The summed E-state index contributed by atoms with van der Waals surface area (Å²) >= 11 is 0. The first-order chi connectivity index (χ1) is 9.77. The molecular weight excluding hydrogens is 281 g/mol. The Balaban J connectivity index is 3.04. The van der Waals surface area contributed by atoms with Gasteiger partial charge in [-0.25, -0.2) is 4.39 Å². The maximum Gasteiger partial charge on any atom is 0.285 e. The highest BCUT2D eigenvalue weighted by Crippen LogP contribution is 2.25. The normalized spacial score (nSPS) is 12.1. The molecule has 0 spiro atoms. The van der Waals surface area contributed by atoms with Crippen molar-refractivity contribution in [2.45, 2.75) is 13.0 Å². The number of hydrogen-bond donors (Lipinski definition) is 3. The van der Waals surface area contributed by atoms with Gasteiger partial charge in [0.15, 0.2) is 5.82 Å². The maximum atomic E-state index is 13.5. The summed E-state index contributed by atoms with van der Waals surface area (Å²) in [5.41, 5.74) is 1.01. The SMILES string of the molecule is CC(CNC(=O)c1cc(NN)c(F)cc1[N+](=O)[O-])N(C)C. The standard InChI is InChI=1S/C12H18FN5O3/c1-7(17(2)3)6-15-12(19)8-4-10(16-14)9(13)5-11(8)18(20)21/h4-5,7,16H,6,14H2,1-3H3,(H,15,19). The largest absolute Gasteiger partial charge is 0.350 e. The highest BCUT2D eigenvalue weighted by Gasteiger charge is 2.23. The van der Waals surface area contributed by atoms with Crippen LogP contribution < -0.4 is 16.6 Å². The molecule has 0 aliphatic heterocycles. The molecule has 1 amide bonds. The number of nitro benzene ring substituents is 1. The Morgan fingerprint density at radius 1 is 1.52 bits per heavy atom. The summed E-state index contributed by atoms with van der Waals surface area (Å²) in [6.45, 7) is 2.18. The fraction of sp³-hybridized carbons (Fsp3) is 0.417. The van der Waals surface area contributed by atoms with E-state index in [2.05, 4.69) is 10.7 Å². The van der Waals surface area contributed by atoms with Crippen molar-refractivity contribution in [1.82, 2.24) is 10.2 Å². The van der Waals surface area contributed by atoms with E-state index in [1.54, 1.807) is 0 Å². The van der Waals surface area contributed by atoms with Crippen LogP contribution in [0.15, 0.2) is 12.1 Å².